The highest BCUT2D eigenvalue weighted by atomic mass is 16.2. The highest BCUT2D eigenvalue weighted by Crippen LogP contribution is 2.21. The molecule has 6 nitrogen and oxygen atoms in total. The lowest BCUT2D eigenvalue weighted by molar-refractivity contribution is 0.0711. The minimum Gasteiger partial charge on any atom is -0.355 e. The van der Waals surface area contributed by atoms with Crippen molar-refractivity contribution in [2.45, 2.75) is 25.8 Å². The maximum absolute atomic E-state index is 12.6. The van der Waals surface area contributed by atoms with E-state index in [0.717, 1.165) is 37.4 Å². The summed E-state index contributed by atoms with van der Waals surface area (Å²) < 4.78 is 0. The van der Waals surface area contributed by atoms with Gasteiger partial charge in [-0.15, -0.1) is 0 Å². The average Bonchev–Trinajstić information content (AvgIpc) is 2.60. The fourth-order valence-electron chi connectivity index (χ4n) is 3.11. The zero-order chi connectivity index (χ0) is 17.1. The van der Waals surface area contributed by atoms with Gasteiger partial charge in [0.25, 0.3) is 5.91 Å². The third-order valence-corrected chi connectivity index (χ3v) is 4.46. The highest BCUT2D eigenvalue weighted by molar-refractivity contribution is 5.92. The molecule has 1 unspecified atom stereocenters. The van der Waals surface area contributed by atoms with E-state index < -0.39 is 0 Å². The molecule has 126 valence electrons. The van der Waals surface area contributed by atoms with Crippen LogP contribution in [0.25, 0.3) is 0 Å². The zero-order valence-electron chi connectivity index (χ0n) is 14.0. The minimum absolute atomic E-state index is 0.0947. The molecule has 3 heterocycles. The van der Waals surface area contributed by atoms with E-state index in [1.165, 1.54) is 6.07 Å². The molecule has 1 fully saturated rings. The molecular weight excluding hydrogens is 304 g/mol. The first-order valence-electron chi connectivity index (χ1n) is 8.20. The number of aryl methyl sites for hydroxylation is 1. The first kappa shape index (κ1) is 16.2. The third kappa shape index (κ3) is 3.48. The lowest BCUT2D eigenvalue weighted by Crippen LogP contribution is -2.49. The van der Waals surface area contributed by atoms with E-state index in [1.807, 2.05) is 25.1 Å². The maximum Gasteiger partial charge on any atom is 0.270 e. The van der Waals surface area contributed by atoms with Crippen molar-refractivity contribution in [3.8, 4) is 0 Å². The van der Waals surface area contributed by atoms with Crippen molar-refractivity contribution >= 4 is 11.7 Å². The summed E-state index contributed by atoms with van der Waals surface area (Å²) in [5.74, 6) is 0.797. The normalized spacial score (nSPS) is 17.6. The van der Waals surface area contributed by atoms with E-state index in [9.17, 15) is 9.59 Å². The van der Waals surface area contributed by atoms with Gasteiger partial charge in [0.2, 0.25) is 5.56 Å². The van der Waals surface area contributed by atoms with E-state index in [0.29, 0.717) is 5.69 Å². The monoisotopic (exact) mass is 326 g/mol. The average molecular weight is 326 g/mol. The van der Waals surface area contributed by atoms with Gasteiger partial charge in [-0.25, -0.2) is 4.98 Å². The molecule has 0 bridgehead atoms. The van der Waals surface area contributed by atoms with Gasteiger partial charge in [0.15, 0.2) is 0 Å². The van der Waals surface area contributed by atoms with E-state index in [-0.39, 0.29) is 17.5 Å². The fraction of sp³-hybridized carbons (Fsp3) is 0.389. The minimum atomic E-state index is -0.261. The Hall–Kier alpha value is -2.63. The molecule has 2 aromatic rings. The van der Waals surface area contributed by atoms with Crippen LogP contribution in [0.1, 0.15) is 29.0 Å². The molecular formula is C18H22N4O2. The second kappa shape index (κ2) is 6.86. The predicted molar refractivity (Wildman–Crippen MR) is 93.4 cm³/mol. The molecule has 2 aromatic heterocycles. The molecule has 1 saturated heterocycles. The lowest BCUT2D eigenvalue weighted by atomic mass is 10.0. The molecule has 0 aliphatic carbocycles. The van der Waals surface area contributed by atoms with Gasteiger partial charge in [0.1, 0.15) is 11.5 Å². The number of nitrogens with one attached hydrogen (secondary N) is 1. The summed E-state index contributed by atoms with van der Waals surface area (Å²) in [5, 5.41) is 0. The molecule has 1 aliphatic heterocycles. The van der Waals surface area contributed by atoms with Crippen molar-refractivity contribution < 1.29 is 4.79 Å². The summed E-state index contributed by atoms with van der Waals surface area (Å²) in [4.78, 5) is 35.2. The maximum atomic E-state index is 12.6. The quantitative estimate of drug-likeness (QED) is 0.934. The number of H-pyrrole nitrogens is 1. The van der Waals surface area contributed by atoms with Crippen LogP contribution in [0, 0.1) is 6.92 Å². The summed E-state index contributed by atoms with van der Waals surface area (Å²) in [7, 11) is 1.80. The Morgan fingerprint density at radius 2 is 2.08 bits per heavy atom. The SMILES string of the molecule is Cc1cccc(N2CCCC(N(C)C(=O)c3cccc(=O)[nH]3)C2)n1. The van der Waals surface area contributed by atoms with Gasteiger partial charge < -0.3 is 14.8 Å². The van der Waals surface area contributed by atoms with Gasteiger partial charge in [-0.05, 0) is 38.0 Å². The van der Waals surface area contributed by atoms with Crippen LogP contribution in [0.5, 0.6) is 0 Å². The molecule has 0 spiro atoms. The summed E-state index contributed by atoms with van der Waals surface area (Å²) in [6, 6.07) is 10.7. The van der Waals surface area contributed by atoms with E-state index >= 15 is 0 Å². The number of aromatic amines is 1. The number of carbonyl (C=O) groups excluding carboxylic acids is 1. The standard InChI is InChI=1S/C18H22N4O2/c1-13-6-3-9-16(19-13)22-11-5-7-14(12-22)21(2)18(24)15-8-4-10-17(23)20-15/h3-4,6,8-10,14H,5,7,11-12H2,1-2H3,(H,20,23). The predicted octanol–water partition coefficient (Wildman–Crippen LogP) is 1.82. The molecule has 1 aliphatic rings. The number of piperidine rings is 1. The number of carbonyl (C=O) groups is 1. The Morgan fingerprint density at radius 1 is 1.29 bits per heavy atom. The van der Waals surface area contributed by atoms with Gasteiger partial charge in [-0.3, -0.25) is 9.59 Å². The molecule has 3 rings (SSSR count). The van der Waals surface area contributed by atoms with Crippen LogP contribution in [-0.4, -0.2) is 47.0 Å². The molecule has 6 heteroatoms. The third-order valence-electron chi connectivity index (χ3n) is 4.46. The topological polar surface area (TPSA) is 69.3 Å². The van der Waals surface area contributed by atoms with Crippen LogP contribution in [-0.2, 0) is 0 Å². The molecule has 1 amide bonds. The van der Waals surface area contributed by atoms with Gasteiger partial charge in [-0.2, -0.15) is 0 Å². The van der Waals surface area contributed by atoms with Gasteiger partial charge in [0, 0.05) is 37.9 Å². The molecule has 0 aromatic carbocycles. The molecule has 1 N–H and O–H groups in total. The van der Waals surface area contributed by atoms with Gasteiger partial charge in [0.05, 0.1) is 0 Å². The number of anilines is 1. The molecule has 0 saturated carbocycles. The number of rotatable bonds is 3. The second-order valence-corrected chi connectivity index (χ2v) is 6.22. The smallest absolute Gasteiger partial charge is 0.270 e. The van der Waals surface area contributed by atoms with E-state index in [2.05, 4.69) is 14.9 Å². The number of likely N-dealkylation sites (N-methyl/N-ethyl adjacent to an activating group) is 1. The van der Waals surface area contributed by atoms with Crippen molar-refractivity contribution in [1.29, 1.82) is 0 Å². The lowest BCUT2D eigenvalue weighted by Gasteiger charge is -2.38. The largest absolute Gasteiger partial charge is 0.355 e. The molecule has 1 atom stereocenters. The second-order valence-electron chi connectivity index (χ2n) is 6.22. The number of nitrogens with zero attached hydrogens (tertiary/aromatic N) is 3. The Balaban J connectivity index is 1.74. The van der Waals surface area contributed by atoms with E-state index in [4.69, 9.17) is 0 Å². The van der Waals surface area contributed by atoms with Crippen LogP contribution in [0.4, 0.5) is 5.82 Å². The van der Waals surface area contributed by atoms with Crippen LogP contribution in [0.3, 0.4) is 0 Å². The molecule has 0 radical (unpaired) electrons. The Kier molecular flexibility index (Phi) is 4.64. The number of amides is 1. The summed E-state index contributed by atoms with van der Waals surface area (Å²) in [6.45, 7) is 3.67. The molecule has 24 heavy (non-hydrogen) atoms. The van der Waals surface area contributed by atoms with Crippen molar-refractivity contribution in [2.75, 3.05) is 25.0 Å². The number of aromatic nitrogens is 2. The first-order valence-corrected chi connectivity index (χ1v) is 8.20. The summed E-state index contributed by atoms with van der Waals surface area (Å²) in [5.41, 5.74) is 1.06. The summed E-state index contributed by atoms with van der Waals surface area (Å²) >= 11 is 0. The van der Waals surface area contributed by atoms with Crippen molar-refractivity contribution in [3.05, 3.63) is 58.1 Å². The van der Waals surface area contributed by atoms with Crippen LogP contribution < -0.4 is 10.5 Å². The Morgan fingerprint density at radius 3 is 2.83 bits per heavy atom. The van der Waals surface area contributed by atoms with Crippen LogP contribution in [0.15, 0.2) is 41.2 Å². The van der Waals surface area contributed by atoms with Crippen LogP contribution in [0.2, 0.25) is 0 Å². The Bertz CT molecular complexity index is 786. The summed E-state index contributed by atoms with van der Waals surface area (Å²) in [6.07, 6.45) is 1.95. The number of hydrogen-bond acceptors (Lipinski definition) is 4. The van der Waals surface area contributed by atoms with Gasteiger partial charge in [-0.1, -0.05) is 12.1 Å². The highest BCUT2D eigenvalue weighted by Gasteiger charge is 2.27. The van der Waals surface area contributed by atoms with Gasteiger partial charge >= 0.3 is 0 Å². The Labute approximate surface area is 141 Å². The van der Waals surface area contributed by atoms with Crippen LogP contribution >= 0.6 is 0 Å². The van der Waals surface area contributed by atoms with Crippen molar-refractivity contribution in [3.63, 3.8) is 0 Å². The number of hydrogen-bond donors (Lipinski definition) is 1. The van der Waals surface area contributed by atoms with E-state index in [1.54, 1.807) is 24.1 Å². The fourth-order valence-corrected chi connectivity index (χ4v) is 3.11. The zero-order valence-corrected chi connectivity index (χ0v) is 14.0. The van der Waals surface area contributed by atoms with Crippen molar-refractivity contribution in [2.24, 2.45) is 0 Å². The first-order chi connectivity index (χ1) is 11.5. The van der Waals surface area contributed by atoms with Crippen molar-refractivity contribution in [1.82, 2.24) is 14.9 Å². The number of pyridine rings is 2.